The molecule has 0 bridgehead atoms. The normalized spacial score (nSPS) is 17.9. The summed E-state index contributed by atoms with van der Waals surface area (Å²) in [6.45, 7) is 8.87. The first kappa shape index (κ1) is 16.4. The number of benzene rings is 2. The van der Waals surface area contributed by atoms with Crippen molar-refractivity contribution in [2.45, 2.75) is 38.6 Å². The number of hydrogen-bond donors (Lipinski definition) is 0. The molecule has 1 aliphatic heterocycles. The molecule has 25 heavy (non-hydrogen) atoms. The monoisotopic (exact) mass is 393 g/mol. The van der Waals surface area contributed by atoms with E-state index in [4.69, 9.17) is 15.0 Å². The fraction of sp³-hybridized carbons (Fsp3) is 0.286. The van der Waals surface area contributed by atoms with E-state index in [1.165, 1.54) is 5.56 Å². The number of nitrogens with zero attached hydrogens (tertiary/aromatic N) is 3. The van der Waals surface area contributed by atoms with Crippen LogP contribution in [0.5, 0.6) is 0 Å². The molecule has 4 heteroatoms. The number of para-hydroxylation sites is 1. The molecular weight excluding hydrogens is 374 g/mol. The van der Waals surface area contributed by atoms with Gasteiger partial charge in [-0.15, -0.1) is 0 Å². The van der Waals surface area contributed by atoms with Crippen LogP contribution in [0.25, 0.3) is 10.9 Å². The van der Waals surface area contributed by atoms with E-state index in [1.54, 1.807) is 0 Å². The molecule has 2 heterocycles. The minimum absolute atomic E-state index is 0.0683. The molecule has 3 aromatic rings. The third-order valence-corrected chi connectivity index (χ3v) is 6.15. The van der Waals surface area contributed by atoms with Crippen LogP contribution >= 0.6 is 15.9 Å². The number of fused-ring (bicyclic) bond motifs is 2. The number of aliphatic imine (C=N–C) groups is 1. The standard InChI is InChI=1S/C21H20BrN3/c1-20(2)15-11-7-5-9-13(15)17(25-21(20,3)4)19-23-16-12-8-6-10-14(16)18(22)24-19/h5-12H,1-4H3. The van der Waals surface area contributed by atoms with Crippen LogP contribution in [-0.4, -0.2) is 21.2 Å². The summed E-state index contributed by atoms with van der Waals surface area (Å²) in [5, 5.41) is 1.01. The number of halogens is 1. The molecule has 0 saturated carbocycles. The van der Waals surface area contributed by atoms with Gasteiger partial charge in [-0.25, -0.2) is 9.97 Å². The van der Waals surface area contributed by atoms with E-state index in [0.29, 0.717) is 5.82 Å². The van der Waals surface area contributed by atoms with Gasteiger partial charge in [-0.2, -0.15) is 0 Å². The van der Waals surface area contributed by atoms with Crippen LogP contribution in [0, 0.1) is 0 Å². The Morgan fingerprint density at radius 3 is 2.32 bits per heavy atom. The zero-order valence-electron chi connectivity index (χ0n) is 14.8. The zero-order valence-corrected chi connectivity index (χ0v) is 16.4. The van der Waals surface area contributed by atoms with Gasteiger partial charge in [0.25, 0.3) is 0 Å². The van der Waals surface area contributed by atoms with Gasteiger partial charge in [0.05, 0.1) is 11.1 Å². The predicted octanol–water partition coefficient (Wildman–Crippen LogP) is 5.30. The second-order valence-corrected chi connectivity index (χ2v) is 8.30. The van der Waals surface area contributed by atoms with E-state index < -0.39 is 0 Å². The lowest BCUT2D eigenvalue weighted by Gasteiger charge is -2.44. The SMILES string of the molecule is CC1(C)N=C(c2nc(Br)c3ccccc3n2)c2ccccc2C1(C)C. The average molecular weight is 394 g/mol. The van der Waals surface area contributed by atoms with Gasteiger partial charge in [0.15, 0.2) is 5.82 Å². The van der Waals surface area contributed by atoms with E-state index in [9.17, 15) is 0 Å². The quantitative estimate of drug-likeness (QED) is 0.526. The Bertz CT molecular complexity index is 1020. The molecule has 0 amide bonds. The third-order valence-electron chi connectivity index (χ3n) is 5.54. The van der Waals surface area contributed by atoms with Crippen LogP contribution in [0.1, 0.15) is 44.6 Å². The second-order valence-electron chi connectivity index (χ2n) is 7.55. The lowest BCUT2D eigenvalue weighted by Crippen LogP contribution is -2.46. The Labute approximate surface area is 156 Å². The molecule has 3 nitrogen and oxygen atoms in total. The van der Waals surface area contributed by atoms with Crippen LogP contribution in [0.15, 0.2) is 58.1 Å². The molecule has 1 aromatic heterocycles. The van der Waals surface area contributed by atoms with Crippen molar-refractivity contribution in [1.82, 2.24) is 9.97 Å². The van der Waals surface area contributed by atoms with Gasteiger partial charge in [0, 0.05) is 16.4 Å². The van der Waals surface area contributed by atoms with Crippen molar-refractivity contribution in [3.8, 4) is 0 Å². The van der Waals surface area contributed by atoms with E-state index in [2.05, 4.69) is 67.9 Å². The van der Waals surface area contributed by atoms with Crippen molar-refractivity contribution in [2.75, 3.05) is 0 Å². The summed E-state index contributed by atoms with van der Waals surface area (Å²) in [6, 6.07) is 16.5. The van der Waals surface area contributed by atoms with Crippen LogP contribution in [-0.2, 0) is 5.41 Å². The molecule has 0 saturated heterocycles. The van der Waals surface area contributed by atoms with Gasteiger partial charge in [0.1, 0.15) is 10.3 Å². The number of aromatic nitrogens is 2. The van der Waals surface area contributed by atoms with Gasteiger partial charge in [0.2, 0.25) is 0 Å². The van der Waals surface area contributed by atoms with Gasteiger partial charge >= 0.3 is 0 Å². The fourth-order valence-electron chi connectivity index (χ4n) is 3.36. The van der Waals surface area contributed by atoms with Crippen LogP contribution in [0.2, 0.25) is 0 Å². The molecule has 0 aliphatic carbocycles. The molecule has 0 N–H and O–H groups in total. The van der Waals surface area contributed by atoms with Gasteiger partial charge in [-0.1, -0.05) is 56.3 Å². The smallest absolute Gasteiger partial charge is 0.180 e. The predicted molar refractivity (Wildman–Crippen MR) is 106 cm³/mol. The summed E-state index contributed by atoms with van der Waals surface area (Å²) in [5.41, 5.74) is 3.87. The van der Waals surface area contributed by atoms with Crippen molar-refractivity contribution in [1.29, 1.82) is 0 Å². The van der Waals surface area contributed by atoms with Crippen molar-refractivity contribution in [3.63, 3.8) is 0 Å². The molecule has 0 fully saturated rings. The topological polar surface area (TPSA) is 38.1 Å². The first-order valence-corrected chi connectivity index (χ1v) is 9.23. The van der Waals surface area contributed by atoms with E-state index in [-0.39, 0.29) is 11.0 Å². The van der Waals surface area contributed by atoms with Crippen molar-refractivity contribution < 1.29 is 0 Å². The van der Waals surface area contributed by atoms with Crippen molar-refractivity contribution in [2.24, 2.45) is 4.99 Å². The molecule has 4 rings (SSSR count). The molecule has 126 valence electrons. The highest BCUT2D eigenvalue weighted by Gasteiger charge is 2.44. The first-order valence-electron chi connectivity index (χ1n) is 8.44. The van der Waals surface area contributed by atoms with Gasteiger partial charge in [-0.3, -0.25) is 4.99 Å². The Morgan fingerprint density at radius 2 is 1.52 bits per heavy atom. The summed E-state index contributed by atoms with van der Waals surface area (Å²) in [7, 11) is 0. The highest BCUT2D eigenvalue weighted by atomic mass is 79.9. The average Bonchev–Trinajstić information content (AvgIpc) is 2.58. The summed E-state index contributed by atoms with van der Waals surface area (Å²) < 4.78 is 0.802. The third kappa shape index (κ3) is 2.43. The van der Waals surface area contributed by atoms with E-state index >= 15 is 0 Å². The maximum absolute atomic E-state index is 5.10. The summed E-state index contributed by atoms with van der Waals surface area (Å²) in [6.07, 6.45) is 0. The van der Waals surface area contributed by atoms with Crippen LogP contribution < -0.4 is 0 Å². The second kappa shape index (κ2) is 5.46. The summed E-state index contributed by atoms with van der Waals surface area (Å²) >= 11 is 3.60. The van der Waals surface area contributed by atoms with Crippen molar-refractivity contribution in [3.05, 3.63) is 70.1 Å². The lowest BCUT2D eigenvalue weighted by molar-refractivity contribution is 0.303. The molecule has 2 aromatic carbocycles. The Morgan fingerprint density at radius 1 is 0.840 bits per heavy atom. The molecule has 0 spiro atoms. The molecule has 0 unspecified atom stereocenters. The number of rotatable bonds is 1. The highest BCUT2D eigenvalue weighted by molar-refractivity contribution is 9.10. The lowest BCUT2D eigenvalue weighted by atomic mass is 9.66. The van der Waals surface area contributed by atoms with Gasteiger partial charge in [-0.05, 0) is 41.4 Å². The van der Waals surface area contributed by atoms with Crippen molar-refractivity contribution >= 4 is 32.5 Å². The molecular formula is C21H20BrN3. The minimum Gasteiger partial charge on any atom is -0.274 e. The molecule has 0 atom stereocenters. The maximum Gasteiger partial charge on any atom is 0.180 e. The summed E-state index contributed by atoms with van der Waals surface area (Å²) in [4.78, 5) is 14.6. The minimum atomic E-state index is -0.252. The largest absolute Gasteiger partial charge is 0.274 e. The highest BCUT2D eigenvalue weighted by Crippen LogP contribution is 2.43. The molecule has 1 aliphatic rings. The van der Waals surface area contributed by atoms with Crippen LogP contribution in [0.3, 0.4) is 0 Å². The Kier molecular flexibility index (Phi) is 3.58. The number of hydrogen-bond acceptors (Lipinski definition) is 3. The maximum atomic E-state index is 5.10. The van der Waals surface area contributed by atoms with E-state index in [0.717, 1.165) is 26.8 Å². The van der Waals surface area contributed by atoms with Gasteiger partial charge < -0.3 is 0 Å². The zero-order chi connectivity index (χ0) is 17.8. The fourth-order valence-corrected chi connectivity index (χ4v) is 3.86. The Balaban J connectivity index is 2.01. The van der Waals surface area contributed by atoms with Crippen LogP contribution in [0.4, 0.5) is 0 Å². The summed E-state index contributed by atoms with van der Waals surface area (Å²) in [5.74, 6) is 0.668. The Hall–Kier alpha value is -2.07. The molecule has 0 radical (unpaired) electrons. The van der Waals surface area contributed by atoms with E-state index in [1.807, 2.05) is 24.3 Å². The first-order chi connectivity index (χ1) is 11.8.